The lowest BCUT2D eigenvalue weighted by Crippen LogP contribution is -2.46. The van der Waals surface area contributed by atoms with Gasteiger partial charge in [-0.1, -0.05) is 24.6 Å². The second-order valence-corrected chi connectivity index (χ2v) is 9.66. The van der Waals surface area contributed by atoms with Crippen molar-refractivity contribution >= 4 is 21.6 Å². The molecule has 1 saturated heterocycles. The molecule has 1 N–H and O–H groups in total. The van der Waals surface area contributed by atoms with E-state index in [0.29, 0.717) is 12.2 Å². The number of nitrogens with zero attached hydrogens (tertiary/aromatic N) is 1. The molecule has 1 aliphatic heterocycles. The Kier molecular flexibility index (Phi) is 8.09. The molecule has 11 heteroatoms. The summed E-state index contributed by atoms with van der Waals surface area (Å²) in [6.45, 7) is 3.57. The third-order valence-corrected chi connectivity index (χ3v) is 6.83. The number of sulfonamides is 1. The highest BCUT2D eigenvalue weighted by Gasteiger charge is 2.37. The zero-order valence-electron chi connectivity index (χ0n) is 18.5. The van der Waals surface area contributed by atoms with Gasteiger partial charge in [0.15, 0.2) is 0 Å². The lowest BCUT2D eigenvalue weighted by Gasteiger charge is -2.36. The monoisotopic (exact) mass is 508 g/mol. The third kappa shape index (κ3) is 7.24. The highest BCUT2D eigenvalue weighted by Crippen LogP contribution is 2.34. The zero-order chi connectivity index (χ0) is 25.6. The van der Waals surface area contributed by atoms with Crippen LogP contribution in [0.2, 0.25) is 0 Å². The van der Waals surface area contributed by atoms with Gasteiger partial charge in [0.2, 0.25) is 15.9 Å². The van der Waals surface area contributed by atoms with Gasteiger partial charge in [0, 0.05) is 24.2 Å². The van der Waals surface area contributed by atoms with Crippen molar-refractivity contribution in [1.29, 1.82) is 0 Å². The molecule has 0 aliphatic carbocycles. The number of halogens is 3. The predicted molar refractivity (Wildman–Crippen MR) is 124 cm³/mol. The number of ether oxygens (including phenoxy) is 2. The van der Waals surface area contributed by atoms with Crippen LogP contribution >= 0.6 is 0 Å². The van der Waals surface area contributed by atoms with E-state index in [9.17, 15) is 26.4 Å². The van der Waals surface area contributed by atoms with Gasteiger partial charge in [-0.25, -0.2) is 8.42 Å². The average molecular weight is 509 g/mol. The van der Waals surface area contributed by atoms with Crippen LogP contribution in [0.25, 0.3) is 0 Å². The Balaban J connectivity index is 1.76. The Labute approximate surface area is 201 Å². The number of amides is 1. The number of nitrogens with one attached hydrogen (secondary N) is 1. The van der Waals surface area contributed by atoms with Crippen LogP contribution in [-0.4, -0.2) is 44.7 Å². The van der Waals surface area contributed by atoms with Gasteiger partial charge < -0.3 is 14.8 Å². The molecular weight excluding hydrogens is 485 g/mol. The Morgan fingerprint density at radius 3 is 2.34 bits per heavy atom. The Morgan fingerprint density at radius 1 is 1.14 bits per heavy atom. The van der Waals surface area contributed by atoms with Crippen LogP contribution in [0.15, 0.2) is 60.5 Å². The van der Waals surface area contributed by atoms with E-state index in [1.165, 1.54) is 16.4 Å². The molecule has 35 heavy (non-hydrogen) atoms. The summed E-state index contributed by atoms with van der Waals surface area (Å²) in [6, 6.07) is 11.7. The van der Waals surface area contributed by atoms with Crippen LogP contribution in [0.4, 0.5) is 18.9 Å². The zero-order valence-corrected chi connectivity index (χ0v) is 19.3. The molecule has 1 aliphatic rings. The molecule has 2 aromatic carbocycles. The molecule has 0 unspecified atom stereocenters. The first-order valence-corrected chi connectivity index (χ1v) is 12.0. The van der Waals surface area contributed by atoms with Gasteiger partial charge in [-0.15, -0.1) is 19.6 Å². The van der Waals surface area contributed by atoms with E-state index in [1.54, 1.807) is 24.3 Å². The maximum Gasteiger partial charge on any atom is 0.573 e. The van der Waals surface area contributed by atoms with Gasteiger partial charge in [0.1, 0.15) is 18.1 Å². The van der Waals surface area contributed by atoms with E-state index in [2.05, 4.69) is 22.6 Å². The van der Waals surface area contributed by atoms with Gasteiger partial charge in [0.25, 0.3) is 0 Å². The van der Waals surface area contributed by atoms with Crippen molar-refractivity contribution < 1.29 is 35.9 Å². The lowest BCUT2D eigenvalue weighted by atomic mass is 9.85. The van der Waals surface area contributed by atoms with Crippen LogP contribution in [-0.2, 0) is 14.8 Å². The fourth-order valence-corrected chi connectivity index (χ4v) is 4.74. The average Bonchev–Trinajstić information content (AvgIpc) is 2.83. The molecule has 0 saturated carbocycles. The molecule has 186 valence electrons. The molecule has 0 spiro atoms. The van der Waals surface area contributed by atoms with Crippen molar-refractivity contribution in [2.45, 2.75) is 18.7 Å². The minimum Gasteiger partial charge on any atom is -0.481 e. The molecule has 1 heterocycles. The second kappa shape index (κ2) is 10.8. The van der Waals surface area contributed by atoms with Gasteiger partial charge in [-0.2, -0.15) is 4.31 Å². The quantitative estimate of drug-likeness (QED) is 0.543. The summed E-state index contributed by atoms with van der Waals surface area (Å²) in [7, 11) is -3.80. The fourth-order valence-electron chi connectivity index (χ4n) is 3.75. The largest absolute Gasteiger partial charge is 0.573 e. The predicted octanol–water partition coefficient (Wildman–Crippen LogP) is 4.11. The highest BCUT2D eigenvalue weighted by molar-refractivity contribution is 7.92. The van der Waals surface area contributed by atoms with E-state index < -0.39 is 34.0 Å². The smallest absolute Gasteiger partial charge is 0.481 e. The number of hydrogen-bond acceptors (Lipinski definition) is 5. The van der Waals surface area contributed by atoms with Gasteiger partial charge in [0.05, 0.1) is 5.92 Å². The second-order valence-electron chi connectivity index (χ2n) is 7.78. The number of terminal acetylenes is 1. The Bertz CT molecular complexity index is 1190. The number of hydrogen-bond donors (Lipinski definition) is 1. The van der Waals surface area contributed by atoms with E-state index >= 15 is 0 Å². The summed E-state index contributed by atoms with van der Waals surface area (Å²) in [4.78, 5) is 13.0. The van der Waals surface area contributed by atoms with Crippen molar-refractivity contribution in [3.63, 3.8) is 0 Å². The summed E-state index contributed by atoms with van der Waals surface area (Å²) in [5.41, 5.74) is 1.06. The van der Waals surface area contributed by atoms with Crippen molar-refractivity contribution in [2.24, 2.45) is 5.92 Å². The first-order chi connectivity index (χ1) is 16.5. The molecule has 1 fully saturated rings. The fraction of sp³-hybridized carbons (Fsp3) is 0.292. The van der Waals surface area contributed by atoms with Crippen LogP contribution in [0, 0.1) is 18.3 Å². The summed E-state index contributed by atoms with van der Waals surface area (Å²) in [6.07, 6.45) is 0.718. The number of alkyl halides is 3. The minimum absolute atomic E-state index is 0.0602. The first kappa shape index (κ1) is 26.1. The molecule has 0 radical (unpaired) electrons. The topological polar surface area (TPSA) is 84.9 Å². The molecule has 2 aromatic rings. The van der Waals surface area contributed by atoms with Gasteiger partial charge in [-0.3, -0.25) is 4.79 Å². The first-order valence-electron chi connectivity index (χ1n) is 10.5. The van der Waals surface area contributed by atoms with E-state index in [1.807, 2.05) is 0 Å². The summed E-state index contributed by atoms with van der Waals surface area (Å²) in [5, 5.41) is 3.47. The number of rotatable bonds is 8. The van der Waals surface area contributed by atoms with Crippen molar-refractivity contribution in [1.82, 2.24) is 4.31 Å². The van der Waals surface area contributed by atoms with Crippen LogP contribution in [0.1, 0.15) is 17.9 Å². The van der Waals surface area contributed by atoms with Crippen LogP contribution in [0.3, 0.4) is 0 Å². The van der Waals surface area contributed by atoms with E-state index in [4.69, 9.17) is 11.2 Å². The molecular formula is C24H23F3N2O5S. The molecule has 2 atom stereocenters. The lowest BCUT2D eigenvalue weighted by molar-refractivity contribution is -0.274. The maximum atomic E-state index is 13.0. The van der Waals surface area contributed by atoms with Gasteiger partial charge >= 0.3 is 6.36 Å². The van der Waals surface area contributed by atoms with E-state index in [0.717, 1.165) is 23.1 Å². The standard InChI is InChI=1S/C24H23F3N2O5S/c1-3-13-33-21-9-5-17(6-10-21)18-14-19(16-29(15-18)35(31,32)4-2)23(30)28-20-7-11-22(12-8-20)34-24(25,26)27/h1,4-12,18-19H,2,13-16H2,(H,28,30)/t18-,19-/m1/s1. The SMILES string of the molecule is C#CCOc1ccc([C@@H]2C[C@@H](C(=O)Nc3ccc(OC(F)(F)F)cc3)CN(S(=O)(=O)C=C)C2)cc1. The highest BCUT2D eigenvalue weighted by atomic mass is 32.2. The molecule has 0 aromatic heterocycles. The van der Waals surface area contributed by atoms with Crippen LogP contribution < -0.4 is 14.8 Å². The molecule has 7 nitrogen and oxygen atoms in total. The van der Waals surface area contributed by atoms with Crippen molar-refractivity contribution in [3.8, 4) is 23.8 Å². The summed E-state index contributed by atoms with van der Waals surface area (Å²) in [5.74, 6) is 1.03. The normalized spacial score (nSPS) is 18.8. The van der Waals surface area contributed by atoms with Crippen molar-refractivity contribution in [2.75, 3.05) is 25.0 Å². The van der Waals surface area contributed by atoms with E-state index in [-0.39, 0.29) is 31.3 Å². The number of piperidine rings is 1. The number of carbonyl (C=O) groups excluding carboxylic acids is 1. The number of benzene rings is 2. The Hall–Kier alpha value is -3.49. The Morgan fingerprint density at radius 2 is 1.77 bits per heavy atom. The summed E-state index contributed by atoms with van der Waals surface area (Å²) < 4.78 is 72.4. The number of anilines is 1. The maximum absolute atomic E-state index is 13.0. The van der Waals surface area contributed by atoms with Crippen molar-refractivity contribution in [3.05, 3.63) is 66.1 Å². The third-order valence-electron chi connectivity index (χ3n) is 5.39. The minimum atomic E-state index is -4.83. The number of carbonyl (C=O) groups is 1. The van der Waals surface area contributed by atoms with Crippen LogP contribution in [0.5, 0.6) is 11.5 Å². The molecule has 1 amide bonds. The molecule has 3 rings (SSSR count). The van der Waals surface area contributed by atoms with Gasteiger partial charge in [-0.05, 0) is 54.3 Å². The molecule has 0 bridgehead atoms. The summed E-state index contributed by atoms with van der Waals surface area (Å²) >= 11 is 0.